The molecule has 0 fully saturated rings. The van der Waals surface area contributed by atoms with Gasteiger partial charge in [0.25, 0.3) is 0 Å². The Kier molecular flexibility index (Phi) is 4.11. The van der Waals surface area contributed by atoms with E-state index in [0.29, 0.717) is 0 Å². The van der Waals surface area contributed by atoms with Crippen molar-refractivity contribution < 1.29 is 0 Å². The standard InChI is InChI=1S/C14H19N3S/c1-9-4-6-12(7-5-9)8-13(17-15)14-10(2)16-11(3)18-14/h4-7,13,17H,8,15H2,1-3H3. The molecule has 96 valence electrons. The molecule has 3 nitrogen and oxygen atoms in total. The molecule has 2 aromatic rings. The minimum atomic E-state index is 0.138. The fourth-order valence-corrected chi connectivity index (χ4v) is 3.05. The molecule has 4 heteroatoms. The summed E-state index contributed by atoms with van der Waals surface area (Å²) in [6.45, 7) is 6.16. The maximum atomic E-state index is 5.69. The molecule has 0 saturated heterocycles. The Morgan fingerprint density at radius 3 is 2.39 bits per heavy atom. The summed E-state index contributed by atoms with van der Waals surface area (Å²) in [4.78, 5) is 5.69. The van der Waals surface area contributed by atoms with E-state index in [2.05, 4.69) is 41.6 Å². The van der Waals surface area contributed by atoms with Crippen molar-refractivity contribution in [3.63, 3.8) is 0 Å². The zero-order chi connectivity index (χ0) is 13.1. The number of nitrogens with one attached hydrogen (secondary N) is 1. The van der Waals surface area contributed by atoms with Crippen LogP contribution in [0.2, 0.25) is 0 Å². The fourth-order valence-electron chi connectivity index (χ4n) is 2.06. The molecule has 0 aliphatic rings. The van der Waals surface area contributed by atoms with Crippen LogP contribution in [0.5, 0.6) is 0 Å². The number of benzene rings is 1. The summed E-state index contributed by atoms with van der Waals surface area (Å²) in [5.74, 6) is 5.69. The molecule has 1 heterocycles. The van der Waals surface area contributed by atoms with E-state index in [1.54, 1.807) is 11.3 Å². The van der Waals surface area contributed by atoms with Crippen LogP contribution < -0.4 is 11.3 Å². The lowest BCUT2D eigenvalue weighted by molar-refractivity contribution is 0.557. The molecular weight excluding hydrogens is 242 g/mol. The van der Waals surface area contributed by atoms with E-state index in [9.17, 15) is 0 Å². The maximum Gasteiger partial charge on any atom is 0.0900 e. The first-order valence-corrected chi connectivity index (χ1v) is 6.87. The molecular formula is C14H19N3S. The van der Waals surface area contributed by atoms with Gasteiger partial charge in [-0.25, -0.2) is 4.98 Å². The largest absolute Gasteiger partial charge is 0.271 e. The lowest BCUT2D eigenvalue weighted by Crippen LogP contribution is -2.29. The highest BCUT2D eigenvalue weighted by Gasteiger charge is 2.16. The molecule has 1 aromatic heterocycles. The number of aromatic nitrogens is 1. The highest BCUT2D eigenvalue weighted by Crippen LogP contribution is 2.27. The molecule has 2 rings (SSSR count). The number of nitrogens with zero attached hydrogens (tertiary/aromatic N) is 1. The number of aryl methyl sites for hydroxylation is 3. The molecule has 0 saturated carbocycles. The zero-order valence-corrected chi connectivity index (χ0v) is 11.8. The van der Waals surface area contributed by atoms with Crippen LogP contribution in [-0.4, -0.2) is 4.98 Å². The SMILES string of the molecule is Cc1ccc(CC(NN)c2sc(C)nc2C)cc1. The Morgan fingerprint density at radius 2 is 1.89 bits per heavy atom. The Morgan fingerprint density at radius 1 is 1.22 bits per heavy atom. The Bertz CT molecular complexity index is 516. The Labute approximate surface area is 112 Å². The van der Waals surface area contributed by atoms with Crippen LogP contribution in [0.15, 0.2) is 24.3 Å². The summed E-state index contributed by atoms with van der Waals surface area (Å²) in [6.07, 6.45) is 0.888. The molecule has 1 atom stereocenters. The van der Waals surface area contributed by atoms with Crippen molar-refractivity contribution in [2.75, 3.05) is 0 Å². The van der Waals surface area contributed by atoms with Crippen LogP contribution in [0.1, 0.15) is 32.7 Å². The quantitative estimate of drug-likeness (QED) is 0.657. The third-order valence-electron chi connectivity index (χ3n) is 3.02. The van der Waals surface area contributed by atoms with Gasteiger partial charge < -0.3 is 0 Å². The van der Waals surface area contributed by atoms with Crippen LogP contribution in [0.3, 0.4) is 0 Å². The number of nitrogens with two attached hydrogens (primary N) is 1. The average molecular weight is 261 g/mol. The van der Waals surface area contributed by atoms with Crippen molar-refractivity contribution in [2.45, 2.75) is 33.2 Å². The van der Waals surface area contributed by atoms with E-state index < -0.39 is 0 Å². The monoisotopic (exact) mass is 261 g/mol. The molecule has 0 radical (unpaired) electrons. The van der Waals surface area contributed by atoms with Gasteiger partial charge in [-0.15, -0.1) is 11.3 Å². The van der Waals surface area contributed by atoms with E-state index >= 15 is 0 Å². The number of thiazole rings is 1. The van der Waals surface area contributed by atoms with Crippen molar-refractivity contribution in [2.24, 2.45) is 5.84 Å². The first kappa shape index (κ1) is 13.2. The molecule has 1 unspecified atom stereocenters. The van der Waals surface area contributed by atoms with Crippen LogP contribution in [0, 0.1) is 20.8 Å². The third-order valence-corrected chi connectivity index (χ3v) is 4.20. The summed E-state index contributed by atoms with van der Waals surface area (Å²) in [5.41, 5.74) is 6.55. The van der Waals surface area contributed by atoms with Gasteiger partial charge in [-0.3, -0.25) is 11.3 Å². The van der Waals surface area contributed by atoms with Gasteiger partial charge in [-0.1, -0.05) is 29.8 Å². The maximum absolute atomic E-state index is 5.69. The lowest BCUT2D eigenvalue weighted by Gasteiger charge is -2.15. The van der Waals surface area contributed by atoms with Gasteiger partial charge in [-0.05, 0) is 32.8 Å². The zero-order valence-electron chi connectivity index (χ0n) is 11.0. The minimum absolute atomic E-state index is 0.138. The molecule has 1 aromatic carbocycles. The number of hydrazine groups is 1. The topological polar surface area (TPSA) is 50.9 Å². The van der Waals surface area contributed by atoms with Gasteiger partial charge in [0.05, 0.1) is 16.7 Å². The van der Waals surface area contributed by atoms with Crippen LogP contribution >= 0.6 is 11.3 Å². The van der Waals surface area contributed by atoms with Gasteiger partial charge in [0.15, 0.2) is 0 Å². The van der Waals surface area contributed by atoms with E-state index in [4.69, 9.17) is 5.84 Å². The van der Waals surface area contributed by atoms with E-state index in [-0.39, 0.29) is 6.04 Å². The van der Waals surface area contributed by atoms with Gasteiger partial charge in [-0.2, -0.15) is 0 Å². The van der Waals surface area contributed by atoms with E-state index in [1.807, 2.05) is 13.8 Å². The third kappa shape index (κ3) is 2.96. The fraction of sp³-hybridized carbons (Fsp3) is 0.357. The molecule has 3 N–H and O–H groups in total. The van der Waals surface area contributed by atoms with Crippen LogP contribution in [0.4, 0.5) is 0 Å². The van der Waals surface area contributed by atoms with Gasteiger partial charge >= 0.3 is 0 Å². The summed E-state index contributed by atoms with van der Waals surface area (Å²) in [5, 5.41) is 1.09. The van der Waals surface area contributed by atoms with Crippen LogP contribution in [-0.2, 0) is 6.42 Å². The van der Waals surface area contributed by atoms with Crippen LogP contribution in [0.25, 0.3) is 0 Å². The number of hydrogen-bond donors (Lipinski definition) is 2. The minimum Gasteiger partial charge on any atom is -0.271 e. The van der Waals surface area contributed by atoms with Crippen molar-refractivity contribution >= 4 is 11.3 Å². The second-order valence-corrected chi connectivity index (χ2v) is 5.83. The summed E-state index contributed by atoms with van der Waals surface area (Å²) in [6, 6.07) is 8.71. The molecule has 18 heavy (non-hydrogen) atoms. The van der Waals surface area contributed by atoms with E-state index in [1.165, 1.54) is 16.0 Å². The Hall–Kier alpha value is -1.23. The summed E-state index contributed by atoms with van der Waals surface area (Å²) < 4.78 is 0. The average Bonchev–Trinajstić information content (AvgIpc) is 2.68. The van der Waals surface area contributed by atoms with Crippen molar-refractivity contribution in [3.8, 4) is 0 Å². The number of rotatable bonds is 4. The molecule has 0 aliphatic heterocycles. The second-order valence-electron chi connectivity index (χ2n) is 4.59. The predicted molar refractivity (Wildman–Crippen MR) is 76.5 cm³/mol. The highest BCUT2D eigenvalue weighted by molar-refractivity contribution is 7.11. The van der Waals surface area contributed by atoms with Crippen molar-refractivity contribution in [1.82, 2.24) is 10.4 Å². The van der Waals surface area contributed by atoms with Crippen molar-refractivity contribution in [3.05, 3.63) is 51.0 Å². The molecule has 0 bridgehead atoms. The predicted octanol–water partition coefficient (Wildman–Crippen LogP) is 2.82. The summed E-state index contributed by atoms with van der Waals surface area (Å²) in [7, 11) is 0. The normalized spacial score (nSPS) is 12.7. The summed E-state index contributed by atoms with van der Waals surface area (Å²) >= 11 is 1.72. The van der Waals surface area contributed by atoms with Gasteiger partial charge in [0.2, 0.25) is 0 Å². The van der Waals surface area contributed by atoms with Gasteiger partial charge in [0, 0.05) is 4.88 Å². The van der Waals surface area contributed by atoms with E-state index in [0.717, 1.165) is 17.1 Å². The molecule has 0 spiro atoms. The number of hydrogen-bond acceptors (Lipinski definition) is 4. The highest BCUT2D eigenvalue weighted by atomic mass is 32.1. The first-order valence-electron chi connectivity index (χ1n) is 6.05. The molecule has 0 aliphatic carbocycles. The first-order chi connectivity index (χ1) is 8.60. The smallest absolute Gasteiger partial charge is 0.0900 e. The molecule has 0 amide bonds. The lowest BCUT2D eigenvalue weighted by atomic mass is 10.0. The Balaban J connectivity index is 2.19. The second kappa shape index (κ2) is 5.61. The van der Waals surface area contributed by atoms with Crippen molar-refractivity contribution in [1.29, 1.82) is 0 Å². The van der Waals surface area contributed by atoms with Gasteiger partial charge in [0.1, 0.15) is 0 Å².